The number of hydrogen-bond donors (Lipinski definition) is 0. The topological polar surface area (TPSA) is 78.6 Å². The van der Waals surface area contributed by atoms with Crippen molar-refractivity contribution in [3.63, 3.8) is 0 Å². The standard InChI is InChI=1S/C22H30N4O3/c1-24-14-16(13-23)12-20(24)22(28)26-9-4-18(5-10-26)17-2-7-25(8-3-17)21(27)19-6-11-29-15-19/h12,14,17-19H,2-11,15H2,1H3. The fraction of sp³-hybridized carbons (Fsp3) is 0.682. The number of likely N-dealkylation sites (tertiary alicyclic amines) is 2. The molecule has 0 saturated carbocycles. The van der Waals surface area contributed by atoms with Crippen molar-refractivity contribution in [3.05, 3.63) is 23.5 Å². The number of nitrogens with zero attached hydrogens (tertiary/aromatic N) is 4. The second kappa shape index (κ2) is 8.58. The molecule has 1 unspecified atom stereocenters. The number of aromatic nitrogens is 1. The van der Waals surface area contributed by atoms with E-state index in [1.807, 2.05) is 16.8 Å². The molecule has 1 aromatic rings. The Hall–Kier alpha value is -2.33. The van der Waals surface area contributed by atoms with E-state index in [-0.39, 0.29) is 17.7 Å². The molecule has 3 saturated heterocycles. The van der Waals surface area contributed by atoms with E-state index in [1.165, 1.54) is 0 Å². The lowest BCUT2D eigenvalue weighted by molar-refractivity contribution is -0.137. The molecule has 0 spiro atoms. The van der Waals surface area contributed by atoms with Crippen molar-refractivity contribution >= 4 is 11.8 Å². The third kappa shape index (κ3) is 4.18. The highest BCUT2D eigenvalue weighted by Gasteiger charge is 2.34. The zero-order valence-corrected chi connectivity index (χ0v) is 17.2. The molecule has 4 rings (SSSR count). The molecule has 156 valence electrons. The van der Waals surface area contributed by atoms with Crippen LogP contribution in [0.15, 0.2) is 12.3 Å². The van der Waals surface area contributed by atoms with Crippen LogP contribution in [-0.4, -0.2) is 65.6 Å². The number of hydrogen-bond acceptors (Lipinski definition) is 4. The summed E-state index contributed by atoms with van der Waals surface area (Å²) in [5.41, 5.74) is 1.11. The van der Waals surface area contributed by atoms with E-state index in [4.69, 9.17) is 10.00 Å². The highest BCUT2D eigenvalue weighted by atomic mass is 16.5. The number of piperidine rings is 2. The first kappa shape index (κ1) is 20.0. The summed E-state index contributed by atoms with van der Waals surface area (Å²) < 4.78 is 7.11. The highest BCUT2D eigenvalue weighted by Crippen LogP contribution is 2.33. The quantitative estimate of drug-likeness (QED) is 0.780. The van der Waals surface area contributed by atoms with Crippen LogP contribution in [-0.2, 0) is 16.6 Å². The normalized spacial score (nSPS) is 23.9. The molecule has 7 nitrogen and oxygen atoms in total. The molecule has 1 atom stereocenters. The predicted molar refractivity (Wildman–Crippen MR) is 107 cm³/mol. The third-order valence-corrected chi connectivity index (χ3v) is 6.98. The van der Waals surface area contributed by atoms with Crippen molar-refractivity contribution in [2.24, 2.45) is 24.8 Å². The predicted octanol–water partition coefficient (Wildman–Crippen LogP) is 2.02. The van der Waals surface area contributed by atoms with Crippen LogP contribution < -0.4 is 0 Å². The van der Waals surface area contributed by atoms with Crippen LogP contribution in [0.1, 0.15) is 48.2 Å². The maximum absolute atomic E-state index is 12.8. The summed E-state index contributed by atoms with van der Waals surface area (Å²) in [6.45, 7) is 4.57. The van der Waals surface area contributed by atoms with E-state index in [0.29, 0.717) is 36.3 Å². The van der Waals surface area contributed by atoms with Gasteiger partial charge < -0.3 is 19.1 Å². The Morgan fingerprint density at radius 1 is 1.03 bits per heavy atom. The number of carbonyl (C=O) groups excluding carboxylic acids is 2. The van der Waals surface area contributed by atoms with Gasteiger partial charge in [0, 0.05) is 46.0 Å². The molecule has 3 aliphatic rings. The van der Waals surface area contributed by atoms with Gasteiger partial charge in [0.1, 0.15) is 11.8 Å². The molecule has 3 fully saturated rings. The summed E-state index contributed by atoms with van der Waals surface area (Å²) in [5, 5.41) is 9.04. The lowest BCUT2D eigenvalue weighted by Crippen LogP contribution is -2.45. The Kier molecular flexibility index (Phi) is 5.91. The van der Waals surface area contributed by atoms with Crippen LogP contribution in [0.2, 0.25) is 0 Å². The SMILES string of the molecule is Cn1cc(C#N)cc1C(=O)N1CCC(C2CCN(C(=O)C3CCOC3)CC2)CC1. The average molecular weight is 399 g/mol. The molecule has 0 radical (unpaired) electrons. The van der Waals surface area contributed by atoms with E-state index >= 15 is 0 Å². The van der Waals surface area contributed by atoms with Crippen molar-refractivity contribution in [1.29, 1.82) is 5.26 Å². The summed E-state index contributed by atoms with van der Waals surface area (Å²) in [5.74, 6) is 1.65. The number of ether oxygens (including phenoxy) is 1. The summed E-state index contributed by atoms with van der Waals surface area (Å²) in [6, 6.07) is 3.78. The monoisotopic (exact) mass is 398 g/mol. The van der Waals surface area contributed by atoms with Gasteiger partial charge >= 0.3 is 0 Å². The van der Waals surface area contributed by atoms with Crippen molar-refractivity contribution < 1.29 is 14.3 Å². The summed E-state index contributed by atoms with van der Waals surface area (Å²) in [4.78, 5) is 29.3. The molecule has 4 heterocycles. The smallest absolute Gasteiger partial charge is 0.270 e. The largest absolute Gasteiger partial charge is 0.381 e. The Morgan fingerprint density at radius 2 is 1.66 bits per heavy atom. The molecule has 29 heavy (non-hydrogen) atoms. The van der Waals surface area contributed by atoms with Crippen LogP contribution in [0.5, 0.6) is 0 Å². The van der Waals surface area contributed by atoms with E-state index in [0.717, 1.165) is 58.3 Å². The number of amides is 2. The molecule has 0 N–H and O–H groups in total. The molecule has 1 aromatic heterocycles. The minimum atomic E-state index is 0.0200. The van der Waals surface area contributed by atoms with Gasteiger partial charge in [-0.3, -0.25) is 9.59 Å². The Balaban J connectivity index is 1.26. The summed E-state index contributed by atoms with van der Waals surface area (Å²) in [6.07, 6.45) is 6.75. The maximum atomic E-state index is 12.8. The average Bonchev–Trinajstić information content (AvgIpc) is 3.43. The molecular formula is C22H30N4O3. The van der Waals surface area contributed by atoms with Crippen LogP contribution in [0.25, 0.3) is 0 Å². The fourth-order valence-corrected chi connectivity index (χ4v) is 5.15. The van der Waals surface area contributed by atoms with Crippen molar-refractivity contribution in [1.82, 2.24) is 14.4 Å². The van der Waals surface area contributed by atoms with Gasteiger partial charge in [-0.1, -0.05) is 0 Å². The summed E-state index contributed by atoms with van der Waals surface area (Å²) >= 11 is 0. The molecule has 0 bridgehead atoms. The third-order valence-electron chi connectivity index (χ3n) is 6.98. The second-order valence-corrected chi connectivity index (χ2v) is 8.69. The van der Waals surface area contributed by atoms with Gasteiger partial charge in [-0.05, 0) is 50.0 Å². The zero-order chi connectivity index (χ0) is 20.4. The van der Waals surface area contributed by atoms with E-state index < -0.39 is 0 Å². The van der Waals surface area contributed by atoms with E-state index in [9.17, 15) is 9.59 Å². The molecular weight excluding hydrogens is 368 g/mol. The fourth-order valence-electron chi connectivity index (χ4n) is 5.15. The zero-order valence-electron chi connectivity index (χ0n) is 17.2. The van der Waals surface area contributed by atoms with E-state index in [1.54, 1.807) is 16.8 Å². The highest BCUT2D eigenvalue weighted by molar-refractivity contribution is 5.93. The number of nitriles is 1. The van der Waals surface area contributed by atoms with Crippen LogP contribution in [0, 0.1) is 29.1 Å². The van der Waals surface area contributed by atoms with Gasteiger partial charge in [0.05, 0.1) is 18.1 Å². The summed E-state index contributed by atoms with van der Waals surface area (Å²) in [7, 11) is 1.81. The molecule has 3 aliphatic heterocycles. The Labute approximate surface area is 172 Å². The van der Waals surface area contributed by atoms with Crippen molar-refractivity contribution in [3.8, 4) is 6.07 Å². The first-order valence-electron chi connectivity index (χ1n) is 10.8. The van der Waals surface area contributed by atoms with Crippen LogP contribution >= 0.6 is 0 Å². The molecule has 2 amide bonds. The van der Waals surface area contributed by atoms with Gasteiger partial charge in [0.15, 0.2) is 0 Å². The van der Waals surface area contributed by atoms with Crippen LogP contribution in [0.4, 0.5) is 0 Å². The van der Waals surface area contributed by atoms with Crippen molar-refractivity contribution in [2.75, 3.05) is 39.4 Å². The minimum Gasteiger partial charge on any atom is -0.381 e. The number of rotatable bonds is 3. The molecule has 0 aliphatic carbocycles. The lowest BCUT2D eigenvalue weighted by Gasteiger charge is -2.40. The van der Waals surface area contributed by atoms with Gasteiger partial charge in [-0.25, -0.2) is 0 Å². The molecule has 0 aromatic carbocycles. The molecule has 7 heteroatoms. The first-order valence-corrected chi connectivity index (χ1v) is 10.8. The van der Waals surface area contributed by atoms with Crippen LogP contribution in [0.3, 0.4) is 0 Å². The maximum Gasteiger partial charge on any atom is 0.270 e. The van der Waals surface area contributed by atoms with Crippen molar-refractivity contribution in [2.45, 2.75) is 32.1 Å². The number of carbonyl (C=O) groups is 2. The second-order valence-electron chi connectivity index (χ2n) is 8.69. The lowest BCUT2D eigenvalue weighted by atomic mass is 9.78. The Morgan fingerprint density at radius 3 is 2.17 bits per heavy atom. The van der Waals surface area contributed by atoms with E-state index in [2.05, 4.69) is 6.07 Å². The Bertz CT molecular complexity index is 789. The van der Waals surface area contributed by atoms with Gasteiger partial charge in [0.2, 0.25) is 5.91 Å². The minimum absolute atomic E-state index is 0.0200. The first-order chi connectivity index (χ1) is 14.1. The number of aryl methyl sites for hydroxylation is 1. The van der Waals surface area contributed by atoms with Gasteiger partial charge in [0.25, 0.3) is 5.91 Å². The van der Waals surface area contributed by atoms with Gasteiger partial charge in [-0.2, -0.15) is 5.26 Å². The van der Waals surface area contributed by atoms with Gasteiger partial charge in [-0.15, -0.1) is 0 Å².